The first-order chi connectivity index (χ1) is 16.0. The van der Waals surface area contributed by atoms with Crippen molar-refractivity contribution in [2.45, 2.75) is 38.5 Å². The molecule has 8 nitrogen and oxygen atoms in total. The molecular weight excluding hydrogens is 420 g/mol. The molecule has 2 saturated heterocycles. The van der Waals surface area contributed by atoms with E-state index in [0.29, 0.717) is 41.5 Å². The number of aryl methyl sites for hydroxylation is 1. The molecule has 172 valence electrons. The second-order valence-electron chi connectivity index (χ2n) is 8.83. The maximum absolute atomic E-state index is 13.2. The van der Waals surface area contributed by atoms with Gasteiger partial charge in [0.2, 0.25) is 0 Å². The van der Waals surface area contributed by atoms with Gasteiger partial charge >= 0.3 is 0 Å². The molecule has 1 aromatic carbocycles. The number of hydrogen-bond donors (Lipinski definition) is 0. The Bertz CT molecular complexity index is 1200. The number of aromatic nitrogens is 2. The van der Waals surface area contributed by atoms with E-state index in [1.807, 2.05) is 34.9 Å². The monoisotopic (exact) mass is 448 g/mol. The number of rotatable bonds is 4. The highest BCUT2D eigenvalue weighted by Gasteiger charge is 2.30. The summed E-state index contributed by atoms with van der Waals surface area (Å²) in [4.78, 5) is 38.8. The van der Waals surface area contributed by atoms with Crippen molar-refractivity contribution in [3.8, 4) is 5.75 Å². The highest BCUT2D eigenvalue weighted by atomic mass is 16.5. The van der Waals surface area contributed by atoms with E-state index < -0.39 is 0 Å². The number of methoxy groups -OCH3 is 1. The van der Waals surface area contributed by atoms with Crippen molar-refractivity contribution in [1.29, 1.82) is 0 Å². The molecule has 0 saturated carbocycles. The molecule has 2 aliphatic rings. The maximum atomic E-state index is 13.2. The third kappa shape index (κ3) is 4.17. The highest BCUT2D eigenvalue weighted by molar-refractivity contribution is 5.96. The summed E-state index contributed by atoms with van der Waals surface area (Å²) in [6.07, 6.45) is 5.52. The Morgan fingerprint density at radius 3 is 2.61 bits per heavy atom. The molecule has 2 amide bonds. The van der Waals surface area contributed by atoms with Gasteiger partial charge in [-0.25, -0.2) is 9.97 Å². The molecule has 0 spiro atoms. The molecule has 2 aromatic heterocycles. The minimum atomic E-state index is -0.132. The van der Waals surface area contributed by atoms with Crippen molar-refractivity contribution in [1.82, 2.24) is 19.8 Å². The molecule has 0 bridgehead atoms. The van der Waals surface area contributed by atoms with Crippen molar-refractivity contribution in [2.75, 3.05) is 33.3 Å². The highest BCUT2D eigenvalue weighted by Crippen LogP contribution is 2.29. The van der Waals surface area contributed by atoms with Gasteiger partial charge in [0.1, 0.15) is 17.2 Å². The van der Waals surface area contributed by atoms with Crippen LogP contribution in [-0.4, -0.2) is 64.9 Å². The lowest BCUT2D eigenvalue weighted by molar-refractivity contribution is 0.0674. The molecule has 0 N–H and O–H groups in total. The minimum Gasteiger partial charge on any atom is -0.497 e. The largest absolute Gasteiger partial charge is 0.497 e. The fraction of sp³-hybridized carbons (Fsp3) is 0.440. The van der Waals surface area contributed by atoms with Crippen molar-refractivity contribution in [3.05, 3.63) is 53.3 Å². The molecule has 4 heterocycles. The SMILES string of the molecule is COc1ccc2oc(C(=O)N3CCC[C@H](c4ncc(C(=O)N5CCCC5)c(C)n4)C3)cc2c1. The van der Waals surface area contributed by atoms with Crippen molar-refractivity contribution in [2.24, 2.45) is 0 Å². The van der Waals surface area contributed by atoms with Gasteiger partial charge in [0.25, 0.3) is 11.8 Å². The first-order valence-corrected chi connectivity index (χ1v) is 11.5. The maximum Gasteiger partial charge on any atom is 0.289 e. The number of ether oxygens (including phenoxy) is 1. The van der Waals surface area contributed by atoms with Crippen molar-refractivity contribution >= 4 is 22.8 Å². The second kappa shape index (κ2) is 8.84. The molecule has 2 fully saturated rings. The number of hydrogen-bond acceptors (Lipinski definition) is 6. The summed E-state index contributed by atoms with van der Waals surface area (Å²) >= 11 is 0. The van der Waals surface area contributed by atoms with E-state index in [1.165, 1.54) is 0 Å². The van der Waals surface area contributed by atoms with Gasteiger partial charge in [-0.05, 0) is 56.9 Å². The van der Waals surface area contributed by atoms with Gasteiger partial charge in [-0.3, -0.25) is 9.59 Å². The van der Waals surface area contributed by atoms with Gasteiger partial charge < -0.3 is 19.0 Å². The zero-order valence-corrected chi connectivity index (χ0v) is 19.0. The van der Waals surface area contributed by atoms with E-state index in [0.717, 1.165) is 49.9 Å². The van der Waals surface area contributed by atoms with Crippen molar-refractivity contribution < 1.29 is 18.7 Å². The normalized spacial score (nSPS) is 18.7. The second-order valence-corrected chi connectivity index (χ2v) is 8.83. The van der Waals surface area contributed by atoms with E-state index in [1.54, 1.807) is 19.4 Å². The average Bonchev–Trinajstić information content (AvgIpc) is 3.53. The standard InChI is InChI=1S/C25H28N4O4/c1-16-20(24(30)28-9-3-4-10-28)14-26-23(27-16)17-6-5-11-29(15-17)25(31)22-13-18-12-19(32-2)7-8-21(18)33-22/h7-8,12-14,17H,3-6,9-11,15H2,1-2H3/t17-/m0/s1. The van der Waals surface area contributed by atoms with Gasteiger partial charge in [-0.15, -0.1) is 0 Å². The zero-order valence-electron chi connectivity index (χ0n) is 19.0. The minimum absolute atomic E-state index is 0.0125. The van der Waals surface area contributed by atoms with Crippen LogP contribution in [0.25, 0.3) is 11.0 Å². The first-order valence-electron chi connectivity index (χ1n) is 11.5. The Labute approximate surface area is 192 Å². The number of piperidine rings is 1. The smallest absolute Gasteiger partial charge is 0.289 e. The summed E-state index contributed by atoms with van der Waals surface area (Å²) in [6.45, 7) is 4.66. The molecule has 8 heteroatoms. The molecule has 0 unspecified atom stereocenters. The Morgan fingerprint density at radius 2 is 1.85 bits per heavy atom. The number of nitrogens with zero attached hydrogens (tertiary/aromatic N) is 4. The van der Waals surface area contributed by atoms with Crippen LogP contribution in [0.15, 0.2) is 34.9 Å². The summed E-state index contributed by atoms with van der Waals surface area (Å²) in [5.74, 6) is 1.65. The van der Waals surface area contributed by atoms with Crippen LogP contribution in [0.4, 0.5) is 0 Å². The van der Waals surface area contributed by atoms with Crippen LogP contribution >= 0.6 is 0 Å². The third-order valence-corrected chi connectivity index (χ3v) is 6.63. The van der Waals surface area contributed by atoms with Crippen LogP contribution in [0.3, 0.4) is 0 Å². The zero-order chi connectivity index (χ0) is 22.9. The molecule has 33 heavy (non-hydrogen) atoms. The van der Waals surface area contributed by atoms with Crippen molar-refractivity contribution in [3.63, 3.8) is 0 Å². The third-order valence-electron chi connectivity index (χ3n) is 6.63. The summed E-state index contributed by atoms with van der Waals surface area (Å²) in [7, 11) is 1.61. The topological polar surface area (TPSA) is 88.8 Å². The van der Waals surface area contributed by atoms with E-state index >= 15 is 0 Å². The van der Waals surface area contributed by atoms with Crippen LogP contribution in [-0.2, 0) is 0 Å². The van der Waals surface area contributed by atoms with E-state index in [-0.39, 0.29) is 17.7 Å². The van der Waals surface area contributed by atoms with E-state index in [4.69, 9.17) is 9.15 Å². The number of fused-ring (bicyclic) bond motifs is 1. The number of carbonyl (C=O) groups is 2. The lowest BCUT2D eigenvalue weighted by Crippen LogP contribution is -2.39. The quantitative estimate of drug-likeness (QED) is 0.603. The van der Waals surface area contributed by atoms with Gasteiger partial charge in [-0.1, -0.05) is 0 Å². The fourth-order valence-corrected chi connectivity index (χ4v) is 4.76. The molecule has 1 atom stereocenters. The van der Waals surface area contributed by atoms with Gasteiger partial charge in [0.05, 0.1) is 18.4 Å². The van der Waals surface area contributed by atoms with Crippen LogP contribution in [0.2, 0.25) is 0 Å². The molecule has 0 aliphatic carbocycles. The predicted molar refractivity (Wildman–Crippen MR) is 123 cm³/mol. The lowest BCUT2D eigenvalue weighted by Gasteiger charge is -2.31. The fourth-order valence-electron chi connectivity index (χ4n) is 4.76. The number of benzene rings is 1. The van der Waals surface area contributed by atoms with E-state index in [9.17, 15) is 9.59 Å². The summed E-state index contributed by atoms with van der Waals surface area (Å²) < 4.78 is 11.1. The Morgan fingerprint density at radius 1 is 1.06 bits per heavy atom. The number of carbonyl (C=O) groups excluding carboxylic acids is 2. The molecule has 5 rings (SSSR count). The number of likely N-dealkylation sites (tertiary alicyclic amines) is 2. The average molecular weight is 449 g/mol. The summed E-state index contributed by atoms with van der Waals surface area (Å²) in [5.41, 5.74) is 1.93. The van der Waals surface area contributed by atoms with Crippen LogP contribution < -0.4 is 4.74 Å². The summed E-state index contributed by atoms with van der Waals surface area (Å²) in [6, 6.07) is 7.25. The Kier molecular flexibility index (Phi) is 5.74. The van der Waals surface area contributed by atoms with E-state index in [2.05, 4.69) is 9.97 Å². The number of amides is 2. The van der Waals surface area contributed by atoms with Crippen LogP contribution in [0, 0.1) is 6.92 Å². The van der Waals surface area contributed by atoms with Crippen LogP contribution in [0.1, 0.15) is 64.0 Å². The predicted octanol–water partition coefficient (Wildman–Crippen LogP) is 3.80. The molecule has 3 aromatic rings. The molecule has 0 radical (unpaired) electrons. The first kappa shape index (κ1) is 21.4. The number of furan rings is 1. The summed E-state index contributed by atoms with van der Waals surface area (Å²) in [5, 5.41) is 0.837. The van der Waals surface area contributed by atoms with Gasteiger partial charge in [0, 0.05) is 43.7 Å². The Balaban J connectivity index is 1.31. The lowest BCUT2D eigenvalue weighted by atomic mass is 9.96. The molecule has 2 aliphatic heterocycles. The van der Waals surface area contributed by atoms with Gasteiger partial charge in [0.15, 0.2) is 5.76 Å². The molecular formula is C25H28N4O4. The Hall–Kier alpha value is -3.42. The van der Waals surface area contributed by atoms with Crippen LogP contribution in [0.5, 0.6) is 5.75 Å². The van der Waals surface area contributed by atoms with Gasteiger partial charge in [-0.2, -0.15) is 0 Å².